The zero-order chi connectivity index (χ0) is 15.8. The Hall–Kier alpha value is -1.14. The minimum Gasteiger partial charge on any atom is -0.454 e. The molecule has 0 aromatic heterocycles. The lowest BCUT2D eigenvalue weighted by Crippen LogP contribution is -2.03. The largest absolute Gasteiger partial charge is 0.454 e. The molecule has 0 radical (unpaired) electrons. The number of benzene rings is 2. The fourth-order valence-corrected chi connectivity index (χ4v) is 3.03. The molecule has 2 N–H and O–H groups in total. The maximum atomic E-state index is 11.6. The van der Waals surface area contributed by atoms with E-state index in [2.05, 4.69) is 0 Å². The zero-order valence-corrected chi connectivity index (χ0v) is 13.8. The molecular formula is C13H10Cl3NO3S. The van der Waals surface area contributed by atoms with Crippen molar-refractivity contribution in [3.8, 4) is 11.5 Å². The van der Waals surface area contributed by atoms with Crippen LogP contribution < -0.4 is 10.5 Å². The summed E-state index contributed by atoms with van der Waals surface area (Å²) in [4.78, 5) is -0.0174. The summed E-state index contributed by atoms with van der Waals surface area (Å²) in [6.07, 6.45) is 1.06. The van der Waals surface area contributed by atoms with Crippen molar-refractivity contribution in [1.29, 1.82) is 0 Å². The van der Waals surface area contributed by atoms with Crippen molar-refractivity contribution in [1.82, 2.24) is 0 Å². The number of para-hydroxylation sites is 1. The average Bonchev–Trinajstić information content (AvgIpc) is 2.40. The maximum Gasteiger partial charge on any atom is 0.177 e. The van der Waals surface area contributed by atoms with Crippen LogP contribution in [0.3, 0.4) is 0 Å². The minimum atomic E-state index is -3.46. The first-order valence-corrected chi connectivity index (χ1v) is 8.64. The van der Waals surface area contributed by atoms with Gasteiger partial charge in [0.05, 0.1) is 20.6 Å². The number of rotatable bonds is 3. The smallest absolute Gasteiger partial charge is 0.177 e. The fourth-order valence-electron chi connectivity index (χ4n) is 1.64. The van der Waals surface area contributed by atoms with Crippen molar-refractivity contribution in [3.05, 3.63) is 45.4 Å². The van der Waals surface area contributed by atoms with Gasteiger partial charge in [0.15, 0.2) is 15.6 Å². The lowest BCUT2D eigenvalue weighted by molar-refractivity contribution is 0.484. The standard InChI is InChI=1S/C13H10Cl3NO3S/c1-21(18,19)10-4-2-3-9(13(10)17)20-8-6-5-7(14)11(15)12(8)16/h2-6H,17H2,1H3. The summed E-state index contributed by atoms with van der Waals surface area (Å²) in [6, 6.07) is 7.48. The first-order valence-electron chi connectivity index (χ1n) is 5.61. The lowest BCUT2D eigenvalue weighted by atomic mass is 10.3. The molecule has 4 nitrogen and oxygen atoms in total. The van der Waals surface area contributed by atoms with Crippen molar-refractivity contribution in [2.24, 2.45) is 0 Å². The zero-order valence-electron chi connectivity index (χ0n) is 10.7. The third-order valence-corrected chi connectivity index (χ3v) is 5.08. The molecule has 2 aromatic carbocycles. The van der Waals surface area contributed by atoms with Gasteiger partial charge in [0.2, 0.25) is 0 Å². The van der Waals surface area contributed by atoms with E-state index in [4.69, 9.17) is 45.3 Å². The Morgan fingerprint density at radius 1 is 1.00 bits per heavy atom. The van der Waals surface area contributed by atoms with Gasteiger partial charge in [-0.1, -0.05) is 40.9 Å². The van der Waals surface area contributed by atoms with Crippen LogP contribution in [0.25, 0.3) is 0 Å². The summed E-state index contributed by atoms with van der Waals surface area (Å²) < 4.78 is 28.8. The van der Waals surface area contributed by atoms with Crippen molar-refractivity contribution in [3.63, 3.8) is 0 Å². The highest BCUT2D eigenvalue weighted by Gasteiger charge is 2.17. The predicted octanol–water partition coefficient (Wildman–Crippen LogP) is 4.42. The van der Waals surface area contributed by atoms with Gasteiger partial charge in [-0.2, -0.15) is 0 Å². The molecule has 0 saturated heterocycles. The Kier molecular flexibility index (Phi) is 4.58. The Balaban J connectivity index is 2.49. The molecule has 0 atom stereocenters. The SMILES string of the molecule is CS(=O)(=O)c1cccc(Oc2ccc(Cl)c(Cl)c2Cl)c1N. The number of anilines is 1. The van der Waals surface area contributed by atoms with E-state index in [0.29, 0.717) is 0 Å². The number of sulfone groups is 1. The highest BCUT2D eigenvalue weighted by Crippen LogP contribution is 2.41. The van der Waals surface area contributed by atoms with E-state index in [1.807, 2.05) is 0 Å². The minimum absolute atomic E-state index is 0.00198. The molecule has 0 saturated carbocycles. The van der Waals surface area contributed by atoms with Crippen LogP contribution in [0.15, 0.2) is 35.2 Å². The Morgan fingerprint density at radius 3 is 2.29 bits per heavy atom. The van der Waals surface area contributed by atoms with Gasteiger partial charge < -0.3 is 10.5 Å². The molecule has 0 unspecified atom stereocenters. The molecule has 0 aliphatic carbocycles. The van der Waals surface area contributed by atoms with Crippen LogP contribution in [0.4, 0.5) is 5.69 Å². The first kappa shape index (κ1) is 16.2. The van der Waals surface area contributed by atoms with Gasteiger partial charge >= 0.3 is 0 Å². The van der Waals surface area contributed by atoms with Crippen LogP contribution in [-0.2, 0) is 9.84 Å². The quantitative estimate of drug-likeness (QED) is 0.644. The highest BCUT2D eigenvalue weighted by atomic mass is 35.5. The van der Waals surface area contributed by atoms with Crippen LogP contribution in [0, 0.1) is 0 Å². The van der Waals surface area contributed by atoms with Gasteiger partial charge in [-0.15, -0.1) is 0 Å². The van der Waals surface area contributed by atoms with Crippen molar-refractivity contribution in [2.75, 3.05) is 12.0 Å². The summed E-state index contributed by atoms with van der Waals surface area (Å²) >= 11 is 17.8. The van der Waals surface area contributed by atoms with Gasteiger partial charge in [0.1, 0.15) is 10.8 Å². The van der Waals surface area contributed by atoms with Crippen LogP contribution >= 0.6 is 34.8 Å². The van der Waals surface area contributed by atoms with E-state index in [9.17, 15) is 8.42 Å². The second kappa shape index (κ2) is 5.93. The Bertz CT molecular complexity index is 807. The third kappa shape index (κ3) is 3.37. The number of nitrogen functional groups attached to an aromatic ring is 1. The number of hydrogen-bond donors (Lipinski definition) is 1. The first-order chi connectivity index (χ1) is 9.71. The molecule has 0 bridgehead atoms. The number of halogens is 3. The molecule has 0 aliphatic rings. The average molecular weight is 367 g/mol. The van der Waals surface area contributed by atoms with Gasteiger partial charge in [-0.25, -0.2) is 8.42 Å². The molecule has 2 rings (SSSR count). The van der Waals surface area contributed by atoms with Crippen molar-refractivity contribution < 1.29 is 13.2 Å². The van der Waals surface area contributed by atoms with Crippen LogP contribution in [0.2, 0.25) is 15.1 Å². The predicted molar refractivity (Wildman–Crippen MR) is 85.5 cm³/mol. The number of hydrogen-bond acceptors (Lipinski definition) is 4. The molecule has 0 fully saturated rings. The van der Waals surface area contributed by atoms with Crippen LogP contribution in [0.1, 0.15) is 0 Å². The lowest BCUT2D eigenvalue weighted by Gasteiger charge is -2.13. The van der Waals surface area contributed by atoms with E-state index in [-0.39, 0.29) is 37.1 Å². The summed E-state index contributed by atoms with van der Waals surface area (Å²) in [7, 11) is -3.46. The van der Waals surface area contributed by atoms with Gasteiger partial charge in [-0.3, -0.25) is 0 Å². The summed E-state index contributed by atoms with van der Waals surface area (Å²) in [6.45, 7) is 0. The van der Waals surface area contributed by atoms with Crippen LogP contribution in [0.5, 0.6) is 11.5 Å². The molecule has 0 aliphatic heterocycles. The second-order valence-corrected chi connectivity index (χ2v) is 7.36. The Morgan fingerprint density at radius 2 is 1.67 bits per heavy atom. The van der Waals surface area contributed by atoms with Crippen molar-refractivity contribution in [2.45, 2.75) is 4.90 Å². The van der Waals surface area contributed by atoms with E-state index >= 15 is 0 Å². The molecule has 0 heterocycles. The monoisotopic (exact) mass is 365 g/mol. The van der Waals surface area contributed by atoms with E-state index in [1.165, 1.54) is 30.3 Å². The summed E-state index contributed by atoms with van der Waals surface area (Å²) in [5.41, 5.74) is 5.83. The topological polar surface area (TPSA) is 69.4 Å². The second-order valence-electron chi connectivity index (χ2n) is 4.22. The number of nitrogens with two attached hydrogens (primary N) is 1. The van der Waals surface area contributed by atoms with Gasteiger partial charge in [0, 0.05) is 6.26 Å². The Labute approximate surface area is 137 Å². The third-order valence-electron chi connectivity index (χ3n) is 2.65. The van der Waals surface area contributed by atoms with Crippen LogP contribution in [-0.4, -0.2) is 14.7 Å². The molecule has 8 heteroatoms. The molecule has 21 heavy (non-hydrogen) atoms. The molecule has 0 amide bonds. The van der Waals surface area contributed by atoms with Gasteiger partial charge in [-0.05, 0) is 24.3 Å². The molecule has 2 aromatic rings. The van der Waals surface area contributed by atoms with E-state index < -0.39 is 9.84 Å². The highest BCUT2D eigenvalue weighted by molar-refractivity contribution is 7.90. The summed E-state index contributed by atoms with van der Waals surface area (Å²) in [5, 5.41) is 0.550. The van der Waals surface area contributed by atoms with Crippen molar-refractivity contribution >= 4 is 50.3 Å². The molecule has 112 valence electrons. The maximum absolute atomic E-state index is 11.6. The van der Waals surface area contributed by atoms with E-state index in [1.54, 1.807) is 0 Å². The van der Waals surface area contributed by atoms with E-state index in [0.717, 1.165) is 6.26 Å². The number of ether oxygens (including phenoxy) is 1. The summed E-state index contributed by atoms with van der Waals surface area (Å²) in [5.74, 6) is 0.390. The fraction of sp³-hybridized carbons (Fsp3) is 0.0769. The molecular weight excluding hydrogens is 357 g/mol. The van der Waals surface area contributed by atoms with Gasteiger partial charge in [0.25, 0.3) is 0 Å². The normalized spacial score (nSPS) is 11.4. The molecule has 0 spiro atoms.